The van der Waals surface area contributed by atoms with Crippen molar-refractivity contribution in [3.05, 3.63) is 89.4 Å². The van der Waals surface area contributed by atoms with E-state index < -0.39 is 18.6 Å². The molecular weight excluding hydrogens is 378 g/mol. The number of amides is 1. The third-order valence-corrected chi connectivity index (χ3v) is 5.19. The number of hydrogen-bond donors (Lipinski definition) is 3. The number of hydrogen-bond acceptors (Lipinski definition) is 4. The van der Waals surface area contributed by atoms with Crippen molar-refractivity contribution in [1.29, 1.82) is 0 Å². The van der Waals surface area contributed by atoms with Crippen LogP contribution in [0.4, 0.5) is 0 Å². The van der Waals surface area contributed by atoms with Crippen LogP contribution in [-0.2, 0) is 6.54 Å². The van der Waals surface area contributed by atoms with Crippen molar-refractivity contribution < 1.29 is 15.0 Å². The summed E-state index contributed by atoms with van der Waals surface area (Å²) in [5.41, 5.74) is 10.8. The predicted octanol–water partition coefficient (Wildman–Crippen LogP) is 3.18. The number of aromatic nitrogens is 2. The summed E-state index contributed by atoms with van der Waals surface area (Å²) in [5.74, 6) is -0.687. The van der Waals surface area contributed by atoms with E-state index in [1.54, 1.807) is 12.1 Å². The minimum absolute atomic E-state index is 0.0482. The summed E-state index contributed by atoms with van der Waals surface area (Å²) in [6.45, 7) is 2.36. The summed E-state index contributed by atoms with van der Waals surface area (Å²) >= 11 is 0. The topological polar surface area (TPSA) is 101 Å². The molecule has 0 unspecified atom stereocenters. The average molecular weight is 401 g/mol. The minimum Gasteiger partial charge on any atom is -0.393 e. The van der Waals surface area contributed by atoms with Crippen LogP contribution in [0, 0.1) is 6.92 Å². The number of nitrogens with zero attached hydrogens (tertiary/aromatic N) is 2. The number of pyridine rings is 1. The highest BCUT2D eigenvalue weighted by atomic mass is 16.3. The SMILES string of the molecule is Cc1ccc(Cn2ccc3cc(-c4cc(C(N)=O)nc([C@H](O)CO)c4)ccc32)cc1. The van der Waals surface area contributed by atoms with Crippen LogP contribution in [0.5, 0.6) is 0 Å². The lowest BCUT2D eigenvalue weighted by Crippen LogP contribution is -2.16. The highest BCUT2D eigenvalue weighted by Crippen LogP contribution is 2.28. The van der Waals surface area contributed by atoms with Crippen molar-refractivity contribution in [2.45, 2.75) is 19.6 Å². The molecule has 0 saturated carbocycles. The lowest BCUT2D eigenvalue weighted by Gasteiger charge is -2.12. The van der Waals surface area contributed by atoms with Crippen LogP contribution >= 0.6 is 0 Å². The summed E-state index contributed by atoms with van der Waals surface area (Å²) in [7, 11) is 0. The molecule has 0 spiro atoms. The molecule has 4 rings (SSSR count). The van der Waals surface area contributed by atoms with Gasteiger partial charge in [0.15, 0.2) is 0 Å². The highest BCUT2D eigenvalue weighted by molar-refractivity contribution is 5.93. The van der Waals surface area contributed by atoms with Gasteiger partial charge in [0, 0.05) is 23.6 Å². The maximum absolute atomic E-state index is 11.7. The number of carbonyl (C=O) groups excluding carboxylic acids is 1. The Hall–Kier alpha value is -3.48. The average Bonchev–Trinajstić information content (AvgIpc) is 3.16. The molecule has 2 heterocycles. The fourth-order valence-corrected chi connectivity index (χ4v) is 3.52. The van der Waals surface area contributed by atoms with E-state index in [2.05, 4.69) is 46.9 Å². The molecule has 0 fully saturated rings. The fraction of sp³-hybridized carbons (Fsp3) is 0.167. The van der Waals surface area contributed by atoms with Crippen LogP contribution in [-0.4, -0.2) is 32.3 Å². The number of fused-ring (bicyclic) bond motifs is 1. The molecule has 0 saturated heterocycles. The molecule has 0 aliphatic carbocycles. The standard InChI is InChI=1S/C24H23N3O3/c1-15-2-4-16(5-3-15)13-27-9-8-18-10-17(6-7-22(18)27)19-11-20(23(29)14-28)26-21(12-19)24(25)30/h2-12,23,28-29H,13-14H2,1H3,(H2,25,30)/t23-/m1/s1. The molecule has 4 aromatic rings. The Labute approximate surface area is 174 Å². The normalized spacial score (nSPS) is 12.2. The summed E-state index contributed by atoms with van der Waals surface area (Å²) in [4.78, 5) is 15.7. The smallest absolute Gasteiger partial charge is 0.267 e. The number of benzene rings is 2. The third kappa shape index (κ3) is 3.96. The quantitative estimate of drug-likeness (QED) is 0.462. The summed E-state index contributed by atoms with van der Waals surface area (Å²) in [6, 6.07) is 19.8. The van der Waals surface area contributed by atoms with E-state index in [9.17, 15) is 15.0 Å². The zero-order valence-electron chi connectivity index (χ0n) is 16.6. The Morgan fingerprint density at radius 1 is 1.07 bits per heavy atom. The van der Waals surface area contributed by atoms with E-state index in [1.807, 2.05) is 24.3 Å². The molecule has 1 amide bonds. The molecule has 6 heteroatoms. The van der Waals surface area contributed by atoms with Crippen LogP contribution < -0.4 is 5.73 Å². The number of aliphatic hydroxyl groups is 2. The number of rotatable bonds is 6. The van der Waals surface area contributed by atoms with Gasteiger partial charge in [-0.25, -0.2) is 4.98 Å². The summed E-state index contributed by atoms with van der Waals surface area (Å²) in [5, 5.41) is 20.3. The van der Waals surface area contributed by atoms with Gasteiger partial charge in [-0.05, 0) is 53.9 Å². The van der Waals surface area contributed by atoms with Crippen LogP contribution in [0.3, 0.4) is 0 Å². The van der Waals surface area contributed by atoms with Gasteiger partial charge in [0.05, 0.1) is 12.3 Å². The molecule has 0 aliphatic rings. The van der Waals surface area contributed by atoms with Crippen LogP contribution in [0.1, 0.15) is 33.4 Å². The van der Waals surface area contributed by atoms with E-state index in [0.29, 0.717) is 5.56 Å². The Morgan fingerprint density at radius 2 is 1.83 bits per heavy atom. The van der Waals surface area contributed by atoms with Gasteiger partial charge in [0.2, 0.25) is 0 Å². The number of aliphatic hydroxyl groups excluding tert-OH is 2. The minimum atomic E-state index is -1.18. The lowest BCUT2D eigenvalue weighted by atomic mass is 10.0. The van der Waals surface area contributed by atoms with E-state index in [0.717, 1.165) is 23.0 Å². The highest BCUT2D eigenvalue weighted by Gasteiger charge is 2.15. The van der Waals surface area contributed by atoms with Crippen molar-refractivity contribution in [1.82, 2.24) is 9.55 Å². The zero-order valence-corrected chi connectivity index (χ0v) is 16.6. The van der Waals surface area contributed by atoms with Crippen molar-refractivity contribution in [2.75, 3.05) is 6.61 Å². The molecule has 0 bridgehead atoms. The second-order valence-electron chi connectivity index (χ2n) is 7.43. The Bertz CT molecular complexity index is 1210. The number of carbonyl (C=O) groups is 1. The number of primary amides is 1. The van der Waals surface area contributed by atoms with Crippen molar-refractivity contribution in [3.8, 4) is 11.1 Å². The van der Waals surface area contributed by atoms with Gasteiger partial charge < -0.3 is 20.5 Å². The van der Waals surface area contributed by atoms with Gasteiger partial charge in [0.25, 0.3) is 5.91 Å². The van der Waals surface area contributed by atoms with Crippen LogP contribution in [0.2, 0.25) is 0 Å². The van der Waals surface area contributed by atoms with Gasteiger partial charge in [-0.3, -0.25) is 4.79 Å². The number of nitrogens with two attached hydrogens (primary N) is 1. The van der Waals surface area contributed by atoms with E-state index in [-0.39, 0.29) is 11.4 Å². The molecule has 0 aliphatic heterocycles. The van der Waals surface area contributed by atoms with Crippen LogP contribution in [0.15, 0.2) is 66.9 Å². The second-order valence-corrected chi connectivity index (χ2v) is 7.43. The Kier molecular flexibility index (Phi) is 5.35. The van der Waals surface area contributed by atoms with Gasteiger partial charge in [-0.15, -0.1) is 0 Å². The summed E-state index contributed by atoms with van der Waals surface area (Å²) < 4.78 is 2.19. The van der Waals surface area contributed by atoms with Gasteiger partial charge >= 0.3 is 0 Å². The van der Waals surface area contributed by atoms with E-state index >= 15 is 0 Å². The van der Waals surface area contributed by atoms with Crippen molar-refractivity contribution in [2.24, 2.45) is 5.73 Å². The predicted molar refractivity (Wildman–Crippen MR) is 116 cm³/mol. The summed E-state index contributed by atoms with van der Waals surface area (Å²) in [6.07, 6.45) is 0.874. The maximum Gasteiger partial charge on any atom is 0.267 e. The molecule has 0 radical (unpaired) electrons. The largest absolute Gasteiger partial charge is 0.393 e. The first-order chi connectivity index (χ1) is 14.4. The monoisotopic (exact) mass is 401 g/mol. The molecular formula is C24H23N3O3. The van der Waals surface area contributed by atoms with Crippen LogP contribution in [0.25, 0.3) is 22.0 Å². The van der Waals surface area contributed by atoms with E-state index in [4.69, 9.17) is 5.73 Å². The van der Waals surface area contributed by atoms with E-state index in [1.165, 1.54) is 11.1 Å². The third-order valence-electron chi connectivity index (χ3n) is 5.19. The first kappa shape index (κ1) is 19.8. The van der Waals surface area contributed by atoms with Crippen molar-refractivity contribution in [3.63, 3.8) is 0 Å². The first-order valence-electron chi connectivity index (χ1n) is 9.70. The molecule has 1 atom stereocenters. The van der Waals surface area contributed by atoms with Gasteiger partial charge in [0.1, 0.15) is 11.8 Å². The second kappa shape index (κ2) is 8.10. The Balaban J connectivity index is 1.71. The molecule has 2 aromatic heterocycles. The lowest BCUT2D eigenvalue weighted by molar-refractivity contribution is 0.0912. The van der Waals surface area contributed by atoms with Gasteiger partial charge in [-0.1, -0.05) is 35.9 Å². The maximum atomic E-state index is 11.7. The Morgan fingerprint density at radius 3 is 2.53 bits per heavy atom. The molecule has 2 aromatic carbocycles. The molecule has 6 nitrogen and oxygen atoms in total. The first-order valence-corrected chi connectivity index (χ1v) is 9.70. The molecule has 152 valence electrons. The van der Waals surface area contributed by atoms with Gasteiger partial charge in [-0.2, -0.15) is 0 Å². The molecule has 4 N–H and O–H groups in total. The van der Waals surface area contributed by atoms with Crippen molar-refractivity contribution >= 4 is 16.8 Å². The number of aryl methyl sites for hydroxylation is 1. The zero-order chi connectivity index (χ0) is 21.3. The molecule has 30 heavy (non-hydrogen) atoms. The fourth-order valence-electron chi connectivity index (χ4n) is 3.52.